The SMILES string of the molecule is CC(C)CCN(CCCBr)C(C)C. The van der Waals surface area contributed by atoms with Gasteiger partial charge in [0.05, 0.1) is 0 Å². The van der Waals surface area contributed by atoms with Gasteiger partial charge < -0.3 is 4.90 Å². The molecular formula is C11H24BrN. The van der Waals surface area contributed by atoms with Crippen LogP contribution in [-0.2, 0) is 0 Å². The quantitative estimate of drug-likeness (QED) is 0.625. The van der Waals surface area contributed by atoms with Crippen molar-refractivity contribution >= 4 is 15.9 Å². The molecule has 0 saturated carbocycles. The van der Waals surface area contributed by atoms with Gasteiger partial charge in [0.1, 0.15) is 0 Å². The molecule has 0 heterocycles. The second-order valence-electron chi connectivity index (χ2n) is 4.35. The van der Waals surface area contributed by atoms with Gasteiger partial charge >= 0.3 is 0 Å². The zero-order chi connectivity index (χ0) is 10.3. The van der Waals surface area contributed by atoms with Crippen molar-refractivity contribution in [2.75, 3.05) is 18.4 Å². The standard InChI is InChI=1S/C11H24BrN/c1-10(2)6-9-13(11(3)4)8-5-7-12/h10-11H,5-9H2,1-4H3. The molecule has 0 bridgehead atoms. The third-order valence-corrected chi connectivity index (χ3v) is 2.86. The molecule has 0 spiro atoms. The first kappa shape index (κ1) is 13.4. The molecule has 0 atom stereocenters. The third kappa shape index (κ3) is 7.51. The van der Waals surface area contributed by atoms with Gasteiger partial charge in [-0.15, -0.1) is 0 Å². The molecule has 0 rings (SSSR count). The van der Waals surface area contributed by atoms with Crippen molar-refractivity contribution in [3.8, 4) is 0 Å². The average molecular weight is 250 g/mol. The largest absolute Gasteiger partial charge is 0.301 e. The number of nitrogens with zero attached hydrogens (tertiary/aromatic N) is 1. The summed E-state index contributed by atoms with van der Waals surface area (Å²) in [5.74, 6) is 0.824. The van der Waals surface area contributed by atoms with E-state index >= 15 is 0 Å². The van der Waals surface area contributed by atoms with E-state index in [2.05, 4.69) is 48.5 Å². The number of hydrogen-bond donors (Lipinski definition) is 0. The van der Waals surface area contributed by atoms with Crippen LogP contribution in [0, 0.1) is 5.92 Å². The monoisotopic (exact) mass is 249 g/mol. The Hall–Kier alpha value is 0.440. The first-order valence-electron chi connectivity index (χ1n) is 5.38. The highest BCUT2D eigenvalue weighted by Gasteiger charge is 2.08. The maximum absolute atomic E-state index is 3.48. The van der Waals surface area contributed by atoms with Crippen molar-refractivity contribution in [2.24, 2.45) is 5.92 Å². The molecule has 0 aliphatic heterocycles. The average Bonchev–Trinajstić information content (AvgIpc) is 2.03. The fraction of sp³-hybridized carbons (Fsp3) is 1.00. The van der Waals surface area contributed by atoms with Gasteiger partial charge in [0.15, 0.2) is 0 Å². The van der Waals surface area contributed by atoms with E-state index < -0.39 is 0 Å². The van der Waals surface area contributed by atoms with Crippen LogP contribution in [0.3, 0.4) is 0 Å². The zero-order valence-corrected chi connectivity index (χ0v) is 11.1. The lowest BCUT2D eigenvalue weighted by atomic mass is 10.1. The minimum atomic E-state index is 0.692. The smallest absolute Gasteiger partial charge is 0.00434 e. The van der Waals surface area contributed by atoms with Crippen LogP contribution in [0.4, 0.5) is 0 Å². The van der Waals surface area contributed by atoms with Crippen molar-refractivity contribution in [1.29, 1.82) is 0 Å². The third-order valence-electron chi connectivity index (χ3n) is 2.30. The maximum atomic E-state index is 3.48. The topological polar surface area (TPSA) is 3.24 Å². The molecule has 0 amide bonds. The molecule has 0 fully saturated rings. The number of rotatable bonds is 7. The second kappa shape index (κ2) is 7.81. The van der Waals surface area contributed by atoms with Gasteiger partial charge in [-0.2, -0.15) is 0 Å². The maximum Gasteiger partial charge on any atom is 0.00434 e. The van der Waals surface area contributed by atoms with Crippen LogP contribution in [0.5, 0.6) is 0 Å². The summed E-state index contributed by atoms with van der Waals surface area (Å²) in [4.78, 5) is 2.57. The summed E-state index contributed by atoms with van der Waals surface area (Å²) in [7, 11) is 0. The lowest BCUT2D eigenvalue weighted by molar-refractivity contribution is 0.211. The Balaban J connectivity index is 3.67. The molecule has 0 N–H and O–H groups in total. The first-order chi connectivity index (χ1) is 6.07. The fourth-order valence-electron chi connectivity index (χ4n) is 1.32. The van der Waals surface area contributed by atoms with Gasteiger partial charge in [0, 0.05) is 11.4 Å². The van der Waals surface area contributed by atoms with Crippen LogP contribution in [0.15, 0.2) is 0 Å². The van der Waals surface area contributed by atoms with E-state index in [9.17, 15) is 0 Å². The van der Waals surface area contributed by atoms with Gasteiger partial charge in [0.2, 0.25) is 0 Å². The van der Waals surface area contributed by atoms with E-state index in [4.69, 9.17) is 0 Å². The molecule has 0 aliphatic rings. The molecular weight excluding hydrogens is 226 g/mol. The minimum absolute atomic E-state index is 0.692. The van der Waals surface area contributed by atoms with Crippen molar-refractivity contribution in [3.05, 3.63) is 0 Å². The molecule has 0 aromatic carbocycles. The predicted molar refractivity (Wildman–Crippen MR) is 64.6 cm³/mol. The molecule has 1 nitrogen and oxygen atoms in total. The lowest BCUT2D eigenvalue weighted by Crippen LogP contribution is -2.33. The van der Waals surface area contributed by atoms with Crippen molar-refractivity contribution in [1.82, 2.24) is 4.90 Å². The summed E-state index contributed by atoms with van der Waals surface area (Å²) < 4.78 is 0. The Kier molecular flexibility index (Phi) is 8.07. The van der Waals surface area contributed by atoms with Crippen LogP contribution in [0.2, 0.25) is 0 Å². The summed E-state index contributed by atoms with van der Waals surface area (Å²) in [5, 5.41) is 1.12. The highest BCUT2D eigenvalue weighted by Crippen LogP contribution is 2.06. The minimum Gasteiger partial charge on any atom is -0.301 e. The van der Waals surface area contributed by atoms with Crippen LogP contribution in [-0.4, -0.2) is 29.4 Å². The van der Waals surface area contributed by atoms with E-state index in [0.717, 1.165) is 11.2 Å². The van der Waals surface area contributed by atoms with Crippen LogP contribution in [0.25, 0.3) is 0 Å². The summed E-state index contributed by atoms with van der Waals surface area (Å²) in [6, 6.07) is 0.692. The number of hydrogen-bond acceptors (Lipinski definition) is 1. The molecule has 13 heavy (non-hydrogen) atoms. The Morgan fingerprint density at radius 2 is 1.69 bits per heavy atom. The van der Waals surface area contributed by atoms with E-state index in [-0.39, 0.29) is 0 Å². The van der Waals surface area contributed by atoms with Gasteiger partial charge in [-0.3, -0.25) is 0 Å². The first-order valence-corrected chi connectivity index (χ1v) is 6.50. The normalized spacial score (nSPS) is 12.0. The Labute approximate surface area is 92.0 Å². The van der Waals surface area contributed by atoms with Crippen LogP contribution >= 0.6 is 15.9 Å². The fourth-order valence-corrected chi connectivity index (χ4v) is 1.57. The summed E-state index contributed by atoms with van der Waals surface area (Å²) in [6.45, 7) is 11.6. The molecule has 0 radical (unpaired) electrons. The van der Waals surface area contributed by atoms with E-state index in [1.165, 1.54) is 25.9 Å². The van der Waals surface area contributed by atoms with Gasteiger partial charge in [0.25, 0.3) is 0 Å². The Bertz CT molecular complexity index is 113. The lowest BCUT2D eigenvalue weighted by Gasteiger charge is -2.26. The highest BCUT2D eigenvalue weighted by molar-refractivity contribution is 9.09. The predicted octanol–water partition coefficient (Wildman–Crippen LogP) is 3.53. The molecule has 0 aromatic rings. The van der Waals surface area contributed by atoms with Crippen LogP contribution < -0.4 is 0 Å². The molecule has 0 aliphatic carbocycles. The zero-order valence-electron chi connectivity index (χ0n) is 9.52. The van der Waals surface area contributed by atoms with Crippen molar-refractivity contribution in [2.45, 2.75) is 46.6 Å². The second-order valence-corrected chi connectivity index (χ2v) is 5.15. The summed E-state index contributed by atoms with van der Waals surface area (Å²) >= 11 is 3.48. The van der Waals surface area contributed by atoms with Gasteiger partial charge in [-0.1, -0.05) is 29.8 Å². The number of alkyl halides is 1. The van der Waals surface area contributed by atoms with Gasteiger partial charge in [-0.05, 0) is 45.7 Å². The Morgan fingerprint density at radius 1 is 1.08 bits per heavy atom. The van der Waals surface area contributed by atoms with E-state index in [1.807, 2.05) is 0 Å². The van der Waals surface area contributed by atoms with Crippen molar-refractivity contribution < 1.29 is 0 Å². The molecule has 80 valence electrons. The van der Waals surface area contributed by atoms with Crippen molar-refractivity contribution in [3.63, 3.8) is 0 Å². The molecule has 0 unspecified atom stereocenters. The number of halogens is 1. The molecule has 2 heteroatoms. The Morgan fingerprint density at radius 3 is 2.08 bits per heavy atom. The van der Waals surface area contributed by atoms with E-state index in [0.29, 0.717) is 6.04 Å². The van der Waals surface area contributed by atoms with Crippen LogP contribution in [0.1, 0.15) is 40.5 Å². The van der Waals surface area contributed by atoms with E-state index in [1.54, 1.807) is 0 Å². The summed E-state index contributed by atoms with van der Waals surface area (Å²) in [6.07, 6.45) is 2.58. The highest BCUT2D eigenvalue weighted by atomic mass is 79.9. The molecule has 0 saturated heterocycles. The van der Waals surface area contributed by atoms with Gasteiger partial charge in [-0.25, -0.2) is 0 Å². The summed E-state index contributed by atoms with van der Waals surface area (Å²) in [5.41, 5.74) is 0. The molecule has 0 aromatic heterocycles.